The normalized spacial score (nSPS) is 16.3. The Morgan fingerprint density at radius 2 is 2.07 bits per heavy atom. The summed E-state index contributed by atoms with van der Waals surface area (Å²) in [6.07, 6.45) is 5.69. The third-order valence-electron chi connectivity index (χ3n) is 5.08. The number of nitrogens with zero attached hydrogens (tertiary/aromatic N) is 3. The standard InChI is InChI=1S/C19H18Cl2N4O2S/c1-9-14-12(24-17-15(14)13(28-3)6-11(20)16(17)21)4-5-25(9)19(26)18-22-7-10(27-2)8-23-18/h6-9,24H,4-5H2,1-3H3/t9-/m1/s1. The summed E-state index contributed by atoms with van der Waals surface area (Å²) in [7, 11) is 1.53. The van der Waals surface area contributed by atoms with Crippen LogP contribution in [0, 0.1) is 0 Å². The van der Waals surface area contributed by atoms with E-state index in [2.05, 4.69) is 15.0 Å². The number of ether oxygens (including phenoxy) is 1. The van der Waals surface area contributed by atoms with Gasteiger partial charge in [-0.3, -0.25) is 4.79 Å². The van der Waals surface area contributed by atoms with Crippen LogP contribution in [0.25, 0.3) is 10.9 Å². The molecule has 1 atom stereocenters. The molecule has 0 saturated carbocycles. The lowest BCUT2D eigenvalue weighted by molar-refractivity contribution is 0.0665. The molecule has 1 amide bonds. The number of thioether (sulfide) groups is 1. The van der Waals surface area contributed by atoms with E-state index in [0.717, 1.165) is 27.1 Å². The lowest BCUT2D eigenvalue weighted by Gasteiger charge is -2.33. The molecule has 1 aromatic carbocycles. The number of amides is 1. The predicted molar refractivity (Wildman–Crippen MR) is 112 cm³/mol. The third-order valence-corrected chi connectivity index (χ3v) is 6.63. The number of carbonyl (C=O) groups is 1. The molecule has 0 radical (unpaired) electrons. The number of carbonyl (C=O) groups excluding carboxylic acids is 1. The van der Waals surface area contributed by atoms with Gasteiger partial charge in [-0.05, 0) is 19.2 Å². The minimum atomic E-state index is -0.207. The first kappa shape index (κ1) is 19.4. The summed E-state index contributed by atoms with van der Waals surface area (Å²) in [6, 6.07) is 1.73. The van der Waals surface area contributed by atoms with E-state index in [0.29, 0.717) is 28.8 Å². The van der Waals surface area contributed by atoms with E-state index < -0.39 is 0 Å². The molecule has 1 aliphatic heterocycles. The molecule has 0 aliphatic carbocycles. The van der Waals surface area contributed by atoms with Gasteiger partial charge >= 0.3 is 0 Å². The topological polar surface area (TPSA) is 71.1 Å². The van der Waals surface area contributed by atoms with Crippen LogP contribution in [0.4, 0.5) is 0 Å². The van der Waals surface area contributed by atoms with Crippen LogP contribution in [-0.2, 0) is 6.42 Å². The van der Waals surface area contributed by atoms with Crippen molar-refractivity contribution < 1.29 is 9.53 Å². The summed E-state index contributed by atoms with van der Waals surface area (Å²) in [6.45, 7) is 2.58. The van der Waals surface area contributed by atoms with Gasteiger partial charge in [-0.1, -0.05) is 23.2 Å². The van der Waals surface area contributed by atoms with Crippen molar-refractivity contribution in [2.24, 2.45) is 0 Å². The first-order chi connectivity index (χ1) is 13.5. The third kappa shape index (κ3) is 3.02. The highest BCUT2D eigenvalue weighted by molar-refractivity contribution is 7.98. The van der Waals surface area contributed by atoms with Crippen molar-refractivity contribution in [1.29, 1.82) is 0 Å². The molecule has 0 spiro atoms. The Balaban J connectivity index is 1.78. The van der Waals surface area contributed by atoms with E-state index in [1.165, 1.54) is 19.5 Å². The number of H-pyrrole nitrogens is 1. The maximum atomic E-state index is 13.1. The molecule has 0 unspecified atom stereocenters. The van der Waals surface area contributed by atoms with Gasteiger partial charge < -0.3 is 14.6 Å². The highest BCUT2D eigenvalue weighted by Crippen LogP contribution is 2.44. The smallest absolute Gasteiger partial charge is 0.292 e. The molecule has 0 saturated heterocycles. The Morgan fingerprint density at radius 1 is 1.36 bits per heavy atom. The summed E-state index contributed by atoms with van der Waals surface area (Å²) in [4.78, 5) is 27.6. The molecule has 0 fully saturated rings. The van der Waals surface area contributed by atoms with Gasteiger partial charge in [0.1, 0.15) is 0 Å². The Morgan fingerprint density at radius 3 is 2.71 bits per heavy atom. The molecule has 4 rings (SSSR count). The zero-order valence-corrected chi connectivity index (χ0v) is 17.9. The van der Waals surface area contributed by atoms with Gasteiger partial charge in [0, 0.05) is 34.5 Å². The van der Waals surface area contributed by atoms with Crippen LogP contribution >= 0.6 is 35.0 Å². The van der Waals surface area contributed by atoms with Gasteiger partial charge in [-0.25, -0.2) is 9.97 Å². The summed E-state index contributed by atoms with van der Waals surface area (Å²) in [5.41, 5.74) is 2.98. The highest BCUT2D eigenvalue weighted by atomic mass is 35.5. The van der Waals surface area contributed by atoms with Crippen molar-refractivity contribution in [2.45, 2.75) is 24.3 Å². The van der Waals surface area contributed by atoms with Crippen LogP contribution in [-0.4, -0.2) is 45.7 Å². The molecule has 1 N–H and O–H groups in total. The fourth-order valence-electron chi connectivity index (χ4n) is 3.70. The SMILES string of the molecule is COc1cnc(C(=O)N2CCc3[nH]c4c(Cl)c(Cl)cc(SC)c4c3[C@H]2C)nc1. The molecule has 6 nitrogen and oxygen atoms in total. The minimum absolute atomic E-state index is 0.154. The number of aromatic nitrogens is 3. The number of methoxy groups -OCH3 is 1. The van der Waals surface area contributed by atoms with Crippen LogP contribution in [0.1, 0.15) is 34.8 Å². The number of rotatable bonds is 3. The van der Waals surface area contributed by atoms with E-state index in [1.54, 1.807) is 16.7 Å². The van der Waals surface area contributed by atoms with E-state index in [4.69, 9.17) is 27.9 Å². The number of hydrogen-bond donors (Lipinski definition) is 1. The minimum Gasteiger partial charge on any atom is -0.494 e. The second-order valence-electron chi connectivity index (χ2n) is 6.51. The summed E-state index contributed by atoms with van der Waals surface area (Å²) in [5.74, 6) is 0.460. The highest BCUT2D eigenvalue weighted by Gasteiger charge is 2.33. The number of halogens is 2. The van der Waals surface area contributed by atoms with Gasteiger partial charge in [0.05, 0.1) is 41.1 Å². The molecule has 3 heterocycles. The molecule has 0 bridgehead atoms. The molecular weight excluding hydrogens is 419 g/mol. The average Bonchev–Trinajstić information content (AvgIpc) is 3.11. The van der Waals surface area contributed by atoms with Crippen LogP contribution in [0.2, 0.25) is 10.0 Å². The fourth-order valence-corrected chi connectivity index (χ4v) is 4.81. The maximum Gasteiger partial charge on any atom is 0.292 e. The Hall–Kier alpha value is -1.96. The van der Waals surface area contributed by atoms with Crippen LogP contribution in [0.3, 0.4) is 0 Å². The van der Waals surface area contributed by atoms with Gasteiger partial charge in [0.2, 0.25) is 5.82 Å². The van der Waals surface area contributed by atoms with E-state index in [9.17, 15) is 4.79 Å². The first-order valence-corrected chi connectivity index (χ1v) is 10.7. The van der Waals surface area contributed by atoms with E-state index in [-0.39, 0.29) is 17.8 Å². The van der Waals surface area contributed by atoms with Crippen LogP contribution in [0.5, 0.6) is 5.75 Å². The molecular formula is C19H18Cl2N4O2S. The molecule has 2 aromatic heterocycles. The lowest BCUT2D eigenvalue weighted by atomic mass is 9.96. The number of benzene rings is 1. The summed E-state index contributed by atoms with van der Waals surface area (Å²) >= 11 is 14.4. The van der Waals surface area contributed by atoms with Crippen molar-refractivity contribution in [3.63, 3.8) is 0 Å². The molecule has 3 aromatic rings. The lowest BCUT2D eigenvalue weighted by Crippen LogP contribution is -2.39. The van der Waals surface area contributed by atoms with E-state index >= 15 is 0 Å². The maximum absolute atomic E-state index is 13.1. The number of nitrogens with one attached hydrogen (secondary N) is 1. The quantitative estimate of drug-likeness (QED) is 0.599. The predicted octanol–water partition coefficient (Wildman–Crippen LogP) is 4.75. The second kappa shape index (κ2) is 7.46. The van der Waals surface area contributed by atoms with Crippen LogP contribution < -0.4 is 4.74 Å². The van der Waals surface area contributed by atoms with Gasteiger partial charge in [-0.2, -0.15) is 0 Å². The van der Waals surface area contributed by atoms with Crippen molar-refractivity contribution >= 4 is 51.8 Å². The number of hydrogen-bond acceptors (Lipinski definition) is 5. The summed E-state index contributed by atoms with van der Waals surface area (Å²) in [5, 5.41) is 2.05. The van der Waals surface area contributed by atoms with Crippen molar-refractivity contribution in [3.8, 4) is 5.75 Å². The average molecular weight is 437 g/mol. The zero-order chi connectivity index (χ0) is 20.0. The molecule has 28 heavy (non-hydrogen) atoms. The number of aromatic amines is 1. The van der Waals surface area contributed by atoms with Gasteiger partial charge in [0.25, 0.3) is 5.91 Å². The Labute approximate surface area is 176 Å². The fraction of sp³-hybridized carbons (Fsp3) is 0.316. The largest absolute Gasteiger partial charge is 0.494 e. The Kier molecular flexibility index (Phi) is 5.16. The Bertz CT molecular complexity index is 1070. The molecule has 9 heteroatoms. The molecule has 1 aliphatic rings. The summed E-state index contributed by atoms with van der Waals surface area (Å²) < 4.78 is 5.07. The number of fused-ring (bicyclic) bond motifs is 3. The van der Waals surface area contributed by atoms with E-state index in [1.807, 2.05) is 19.2 Å². The van der Waals surface area contributed by atoms with Gasteiger partial charge in [-0.15, -0.1) is 11.8 Å². The molecule has 146 valence electrons. The van der Waals surface area contributed by atoms with Crippen molar-refractivity contribution in [3.05, 3.63) is 45.6 Å². The monoisotopic (exact) mass is 436 g/mol. The van der Waals surface area contributed by atoms with Crippen LogP contribution in [0.15, 0.2) is 23.4 Å². The zero-order valence-electron chi connectivity index (χ0n) is 15.5. The van der Waals surface area contributed by atoms with Crippen molar-refractivity contribution in [1.82, 2.24) is 19.9 Å². The van der Waals surface area contributed by atoms with Gasteiger partial charge in [0.15, 0.2) is 5.75 Å². The second-order valence-corrected chi connectivity index (χ2v) is 8.15. The van der Waals surface area contributed by atoms with Crippen molar-refractivity contribution in [2.75, 3.05) is 19.9 Å². The first-order valence-electron chi connectivity index (χ1n) is 8.69.